The van der Waals surface area contributed by atoms with Crippen molar-refractivity contribution in [3.05, 3.63) is 17.7 Å². The van der Waals surface area contributed by atoms with E-state index in [4.69, 9.17) is 15.0 Å². The molecule has 0 aromatic rings. The van der Waals surface area contributed by atoms with Gasteiger partial charge >= 0.3 is 17.7 Å². The SMILES string of the molecule is C=C(C)C(=O)OCC(C)OC(=O)C(=[N+]=[N-])C(C)=O. The molecule has 0 aromatic carbocycles. The van der Waals surface area contributed by atoms with Crippen LogP contribution in [0.25, 0.3) is 5.53 Å². The van der Waals surface area contributed by atoms with Crippen molar-refractivity contribution in [2.75, 3.05) is 6.61 Å². The first-order valence-electron chi connectivity index (χ1n) is 5.06. The highest BCUT2D eigenvalue weighted by Crippen LogP contribution is 1.98. The molecule has 1 unspecified atom stereocenters. The van der Waals surface area contributed by atoms with Crippen molar-refractivity contribution >= 4 is 23.4 Å². The van der Waals surface area contributed by atoms with Crippen LogP contribution in [-0.4, -0.2) is 40.9 Å². The minimum Gasteiger partial charge on any atom is -0.458 e. The minimum atomic E-state index is -1.08. The first-order chi connectivity index (χ1) is 8.29. The van der Waals surface area contributed by atoms with Gasteiger partial charge in [0.25, 0.3) is 0 Å². The summed E-state index contributed by atoms with van der Waals surface area (Å²) in [4.78, 5) is 35.8. The van der Waals surface area contributed by atoms with Crippen molar-refractivity contribution in [3.63, 3.8) is 0 Å². The molecule has 0 amide bonds. The monoisotopic (exact) mass is 254 g/mol. The molecule has 0 rings (SSSR count). The average molecular weight is 254 g/mol. The minimum absolute atomic E-state index is 0.186. The molecular weight excluding hydrogens is 240 g/mol. The fraction of sp³-hybridized carbons (Fsp3) is 0.455. The Labute approximate surface area is 104 Å². The molecule has 0 spiro atoms. The molecule has 0 saturated heterocycles. The number of esters is 2. The van der Waals surface area contributed by atoms with Crippen LogP contribution in [0.2, 0.25) is 0 Å². The molecule has 1 atom stereocenters. The van der Waals surface area contributed by atoms with Crippen LogP contribution < -0.4 is 0 Å². The summed E-state index contributed by atoms with van der Waals surface area (Å²) in [7, 11) is 0. The second-order valence-electron chi connectivity index (χ2n) is 3.60. The van der Waals surface area contributed by atoms with Crippen molar-refractivity contribution in [2.24, 2.45) is 0 Å². The quantitative estimate of drug-likeness (QED) is 0.169. The molecule has 0 aliphatic rings. The van der Waals surface area contributed by atoms with Gasteiger partial charge in [-0.15, -0.1) is 0 Å². The number of ketones is 1. The number of nitrogens with zero attached hydrogens (tertiary/aromatic N) is 2. The molecular formula is C11H14N2O5. The second-order valence-corrected chi connectivity index (χ2v) is 3.60. The van der Waals surface area contributed by atoms with Crippen LogP contribution in [0, 0.1) is 0 Å². The van der Waals surface area contributed by atoms with Crippen molar-refractivity contribution in [2.45, 2.75) is 26.9 Å². The summed E-state index contributed by atoms with van der Waals surface area (Å²) in [6.07, 6.45) is -0.781. The third kappa shape index (κ3) is 5.18. The Hall–Kier alpha value is -2.27. The number of rotatable bonds is 6. The Morgan fingerprint density at radius 2 is 1.83 bits per heavy atom. The number of carbonyl (C=O) groups excluding carboxylic acids is 3. The molecule has 18 heavy (non-hydrogen) atoms. The number of hydrogen-bond donors (Lipinski definition) is 0. The predicted octanol–water partition coefficient (Wildman–Crippen LogP) is 0.297. The summed E-state index contributed by atoms with van der Waals surface area (Å²) < 4.78 is 9.47. The Kier molecular flexibility index (Phi) is 6.23. The maximum Gasteiger partial charge on any atom is 0.441 e. The number of ether oxygens (including phenoxy) is 2. The third-order valence-corrected chi connectivity index (χ3v) is 1.73. The molecule has 0 N–H and O–H groups in total. The lowest BCUT2D eigenvalue weighted by Gasteiger charge is -2.11. The zero-order chi connectivity index (χ0) is 14.3. The van der Waals surface area contributed by atoms with E-state index in [1.807, 2.05) is 0 Å². The van der Waals surface area contributed by atoms with Crippen LogP contribution in [0.1, 0.15) is 20.8 Å². The summed E-state index contributed by atoms with van der Waals surface area (Å²) >= 11 is 0. The molecule has 7 nitrogen and oxygen atoms in total. The van der Waals surface area contributed by atoms with Crippen molar-refractivity contribution < 1.29 is 28.6 Å². The van der Waals surface area contributed by atoms with Crippen LogP contribution in [0.5, 0.6) is 0 Å². The molecule has 0 bridgehead atoms. The lowest BCUT2D eigenvalue weighted by Crippen LogP contribution is -2.30. The van der Waals surface area contributed by atoms with Crippen LogP contribution in [0.3, 0.4) is 0 Å². The summed E-state index contributed by atoms with van der Waals surface area (Å²) in [6.45, 7) is 7.19. The summed E-state index contributed by atoms with van der Waals surface area (Å²) in [5.74, 6) is -2.42. The van der Waals surface area contributed by atoms with E-state index in [9.17, 15) is 14.4 Å². The molecule has 98 valence electrons. The lowest BCUT2D eigenvalue weighted by molar-refractivity contribution is -0.154. The van der Waals surface area contributed by atoms with Gasteiger partial charge in [-0.1, -0.05) is 6.58 Å². The molecule has 0 aliphatic heterocycles. The molecule has 0 saturated carbocycles. The highest BCUT2D eigenvalue weighted by Gasteiger charge is 2.29. The fourth-order valence-corrected chi connectivity index (χ4v) is 0.844. The first kappa shape index (κ1) is 15.7. The van der Waals surface area contributed by atoms with E-state index in [2.05, 4.69) is 11.4 Å². The van der Waals surface area contributed by atoms with E-state index < -0.39 is 29.5 Å². The second kappa shape index (κ2) is 7.13. The normalized spacial score (nSPS) is 10.8. The van der Waals surface area contributed by atoms with Gasteiger partial charge in [0, 0.05) is 12.5 Å². The van der Waals surface area contributed by atoms with Gasteiger partial charge in [-0.3, -0.25) is 4.79 Å². The standard InChI is InChI=1S/C11H14N2O5/c1-6(2)10(15)17-5-7(3)18-11(16)9(13-12)8(4)14/h7H,1,5H2,2-4H3. The third-order valence-electron chi connectivity index (χ3n) is 1.73. The van der Waals surface area contributed by atoms with E-state index in [1.54, 1.807) is 0 Å². The zero-order valence-corrected chi connectivity index (χ0v) is 10.4. The lowest BCUT2D eigenvalue weighted by atomic mass is 10.3. The summed E-state index contributed by atoms with van der Waals surface area (Å²) in [5, 5.41) is 0. The fourth-order valence-electron chi connectivity index (χ4n) is 0.844. The molecule has 7 heteroatoms. The highest BCUT2D eigenvalue weighted by atomic mass is 16.6. The molecule has 0 aliphatic carbocycles. The molecule has 0 fully saturated rings. The van der Waals surface area contributed by atoms with Gasteiger partial charge in [0.2, 0.25) is 5.78 Å². The van der Waals surface area contributed by atoms with Gasteiger partial charge < -0.3 is 15.0 Å². The maximum absolute atomic E-state index is 11.3. The van der Waals surface area contributed by atoms with E-state index >= 15 is 0 Å². The van der Waals surface area contributed by atoms with Gasteiger partial charge in [0.05, 0.1) is 0 Å². The smallest absolute Gasteiger partial charge is 0.441 e. The van der Waals surface area contributed by atoms with E-state index in [0.717, 1.165) is 6.92 Å². The topological polar surface area (TPSA) is 106 Å². The summed E-state index contributed by atoms with van der Waals surface area (Å²) in [6, 6.07) is 0. The van der Waals surface area contributed by atoms with Crippen LogP contribution in [0.15, 0.2) is 12.2 Å². The maximum atomic E-state index is 11.3. The van der Waals surface area contributed by atoms with Crippen LogP contribution in [-0.2, 0) is 23.9 Å². The van der Waals surface area contributed by atoms with Gasteiger partial charge in [0.1, 0.15) is 12.7 Å². The Bertz CT molecular complexity index is 435. The largest absolute Gasteiger partial charge is 0.458 e. The number of carbonyl (C=O) groups is 3. The zero-order valence-electron chi connectivity index (χ0n) is 10.4. The highest BCUT2D eigenvalue weighted by molar-refractivity contribution is 6.61. The molecule has 0 radical (unpaired) electrons. The van der Waals surface area contributed by atoms with Gasteiger partial charge in [-0.25, -0.2) is 9.59 Å². The molecule has 0 heterocycles. The van der Waals surface area contributed by atoms with Gasteiger partial charge in [-0.05, 0) is 13.8 Å². The molecule has 0 aromatic heterocycles. The van der Waals surface area contributed by atoms with E-state index in [1.165, 1.54) is 13.8 Å². The predicted molar refractivity (Wildman–Crippen MR) is 60.6 cm³/mol. The van der Waals surface area contributed by atoms with E-state index in [-0.39, 0.29) is 12.2 Å². The Morgan fingerprint density at radius 3 is 2.22 bits per heavy atom. The Balaban J connectivity index is 4.33. The van der Waals surface area contributed by atoms with Crippen LogP contribution in [0.4, 0.5) is 0 Å². The van der Waals surface area contributed by atoms with Crippen LogP contribution >= 0.6 is 0 Å². The summed E-state index contributed by atoms with van der Waals surface area (Å²) in [5.41, 5.74) is 7.94. The average Bonchev–Trinajstić information content (AvgIpc) is 2.25. The number of Topliss-reactive ketones (excluding diaryl/α,β-unsaturated/α-hetero) is 1. The van der Waals surface area contributed by atoms with Gasteiger partial charge in [0.15, 0.2) is 0 Å². The van der Waals surface area contributed by atoms with Crippen molar-refractivity contribution in [3.8, 4) is 0 Å². The van der Waals surface area contributed by atoms with Crippen molar-refractivity contribution in [1.82, 2.24) is 0 Å². The van der Waals surface area contributed by atoms with Gasteiger partial charge in [-0.2, -0.15) is 4.79 Å². The number of hydrogen-bond acceptors (Lipinski definition) is 5. The Morgan fingerprint density at radius 1 is 1.28 bits per heavy atom. The first-order valence-corrected chi connectivity index (χ1v) is 5.06. The van der Waals surface area contributed by atoms with Crippen molar-refractivity contribution in [1.29, 1.82) is 0 Å². The van der Waals surface area contributed by atoms with E-state index in [0.29, 0.717) is 0 Å².